The number of aromatic amines is 1. The fourth-order valence-corrected chi connectivity index (χ4v) is 2.40. The SMILES string of the molecule is CCCCc1nc2c(C)nc3ccc(O)cc3c2[nH]1. The molecule has 2 heterocycles. The summed E-state index contributed by atoms with van der Waals surface area (Å²) in [5, 5.41) is 10.6. The quantitative estimate of drug-likeness (QED) is 0.753. The van der Waals surface area contributed by atoms with Crippen LogP contribution in [0.2, 0.25) is 0 Å². The molecule has 0 aliphatic carbocycles. The van der Waals surface area contributed by atoms with Crippen molar-refractivity contribution in [1.82, 2.24) is 15.0 Å². The van der Waals surface area contributed by atoms with E-state index in [-0.39, 0.29) is 5.75 Å². The van der Waals surface area contributed by atoms with Crippen molar-refractivity contribution >= 4 is 21.9 Å². The van der Waals surface area contributed by atoms with E-state index in [4.69, 9.17) is 0 Å². The first kappa shape index (κ1) is 12.0. The van der Waals surface area contributed by atoms with E-state index >= 15 is 0 Å². The molecule has 0 aliphatic rings. The first-order valence-corrected chi connectivity index (χ1v) is 6.67. The molecular weight excluding hydrogens is 238 g/mol. The second-order valence-corrected chi connectivity index (χ2v) is 4.91. The molecule has 0 unspecified atom stereocenters. The molecule has 0 amide bonds. The maximum Gasteiger partial charge on any atom is 0.116 e. The number of nitrogens with one attached hydrogen (secondary N) is 1. The number of H-pyrrole nitrogens is 1. The molecule has 2 aromatic heterocycles. The normalized spacial score (nSPS) is 11.5. The van der Waals surface area contributed by atoms with Crippen molar-refractivity contribution in [2.24, 2.45) is 0 Å². The van der Waals surface area contributed by atoms with Crippen LogP contribution in [0.25, 0.3) is 21.9 Å². The summed E-state index contributed by atoms with van der Waals surface area (Å²) in [7, 11) is 0. The average Bonchev–Trinajstić information content (AvgIpc) is 2.82. The van der Waals surface area contributed by atoms with Gasteiger partial charge in [0.15, 0.2) is 0 Å². The second kappa shape index (κ2) is 4.53. The van der Waals surface area contributed by atoms with Crippen molar-refractivity contribution < 1.29 is 5.11 Å². The van der Waals surface area contributed by atoms with E-state index in [9.17, 15) is 5.11 Å². The first-order valence-electron chi connectivity index (χ1n) is 6.67. The van der Waals surface area contributed by atoms with Gasteiger partial charge >= 0.3 is 0 Å². The Morgan fingerprint density at radius 3 is 2.89 bits per heavy atom. The number of hydrogen-bond donors (Lipinski definition) is 2. The van der Waals surface area contributed by atoms with Crippen LogP contribution in [0.4, 0.5) is 0 Å². The number of aromatic hydroxyl groups is 1. The number of aryl methyl sites for hydroxylation is 2. The van der Waals surface area contributed by atoms with Crippen LogP contribution in [0, 0.1) is 6.92 Å². The van der Waals surface area contributed by atoms with E-state index in [0.717, 1.165) is 52.7 Å². The maximum absolute atomic E-state index is 9.65. The minimum atomic E-state index is 0.254. The molecule has 4 nitrogen and oxygen atoms in total. The molecule has 0 aliphatic heterocycles. The molecule has 0 radical (unpaired) electrons. The number of aromatic nitrogens is 3. The zero-order chi connectivity index (χ0) is 13.4. The van der Waals surface area contributed by atoms with Crippen LogP contribution in [-0.4, -0.2) is 20.1 Å². The number of unbranched alkanes of at least 4 members (excludes halogenated alkanes) is 1. The zero-order valence-corrected chi connectivity index (χ0v) is 11.2. The van der Waals surface area contributed by atoms with Crippen LogP contribution < -0.4 is 0 Å². The Morgan fingerprint density at radius 2 is 2.11 bits per heavy atom. The number of pyridine rings is 1. The summed E-state index contributed by atoms with van der Waals surface area (Å²) < 4.78 is 0. The lowest BCUT2D eigenvalue weighted by molar-refractivity contribution is 0.476. The van der Waals surface area contributed by atoms with Crippen molar-refractivity contribution in [3.8, 4) is 5.75 Å². The van der Waals surface area contributed by atoms with Gasteiger partial charge in [-0.2, -0.15) is 0 Å². The Morgan fingerprint density at radius 1 is 1.26 bits per heavy atom. The number of hydrogen-bond acceptors (Lipinski definition) is 3. The van der Waals surface area contributed by atoms with Crippen molar-refractivity contribution in [2.75, 3.05) is 0 Å². The van der Waals surface area contributed by atoms with Gasteiger partial charge < -0.3 is 10.1 Å². The number of benzene rings is 1. The molecule has 19 heavy (non-hydrogen) atoms. The third kappa shape index (κ3) is 2.03. The largest absolute Gasteiger partial charge is 0.508 e. The van der Waals surface area contributed by atoms with E-state index < -0.39 is 0 Å². The van der Waals surface area contributed by atoms with Crippen molar-refractivity contribution in [2.45, 2.75) is 33.1 Å². The Balaban J connectivity index is 2.26. The topological polar surface area (TPSA) is 61.8 Å². The number of phenols is 1. The van der Waals surface area contributed by atoms with Crippen LogP contribution in [0.3, 0.4) is 0 Å². The highest BCUT2D eigenvalue weighted by molar-refractivity contribution is 6.03. The van der Waals surface area contributed by atoms with Gasteiger partial charge in [-0.15, -0.1) is 0 Å². The molecule has 3 rings (SSSR count). The smallest absolute Gasteiger partial charge is 0.116 e. The summed E-state index contributed by atoms with van der Waals surface area (Å²) >= 11 is 0. The monoisotopic (exact) mass is 255 g/mol. The minimum Gasteiger partial charge on any atom is -0.508 e. The summed E-state index contributed by atoms with van der Waals surface area (Å²) in [6, 6.07) is 5.24. The summed E-state index contributed by atoms with van der Waals surface area (Å²) in [5.74, 6) is 1.25. The van der Waals surface area contributed by atoms with Gasteiger partial charge in [0.05, 0.1) is 16.7 Å². The summed E-state index contributed by atoms with van der Waals surface area (Å²) in [6.45, 7) is 4.14. The standard InChI is InChI=1S/C15H17N3O/c1-3-4-5-13-17-14-9(2)16-12-7-6-10(19)8-11(12)15(14)18-13/h6-8,19H,3-5H2,1-2H3,(H,17,18). The van der Waals surface area contributed by atoms with Gasteiger partial charge in [-0.05, 0) is 31.5 Å². The van der Waals surface area contributed by atoms with Gasteiger partial charge in [-0.3, -0.25) is 4.98 Å². The third-order valence-corrected chi connectivity index (χ3v) is 3.40. The van der Waals surface area contributed by atoms with E-state index in [1.54, 1.807) is 12.1 Å². The fourth-order valence-electron chi connectivity index (χ4n) is 2.40. The maximum atomic E-state index is 9.65. The Kier molecular flexibility index (Phi) is 2.85. The Labute approximate surface area is 111 Å². The lowest BCUT2D eigenvalue weighted by atomic mass is 10.1. The average molecular weight is 255 g/mol. The highest BCUT2D eigenvalue weighted by Gasteiger charge is 2.11. The van der Waals surface area contributed by atoms with Crippen molar-refractivity contribution in [1.29, 1.82) is 0 Å². The van der Waals surface area contributed by atoms with Gasteiger partial charge in [0.25, 0.3) is 0 Å². The number of imidazole rings is 1. The van der Waals surface area contributed by atoms with Crippen LogP contribution in [0.15, 0.2) is 18.2 Å². The van der Waals surface area contributed by atoms with Gasteiger partial charge in [0.1, 0.15) is 17.1 Å². The van der Waals surface area contributed by atoms with Crippen LogP contribution >= 0.6 is 0 Å². The predicted molar refractivity (Wildman–Crippen MR) is 76.4 cm³/mol. The zero-order valence-electron chi connectivity index (χ0n) is 11.2. The molecule has 0 spiro atoms. The minimum absolute atomic E-state index is 0.254. The molecule has 2 N–H and O–H groups in total. The number of rotatable bonds is 3. The number of fused-ring (bicyclic) bond motifs is 3. The molecule has 98 valence electrons. The van der Waals surface area contributed by atoms with Gasteiger partial charge in [-0.1, -0.05) is 13.3 Å². The van der Waals surface area contributed by atoms with Crippen LogP contribution in [0.1, 0.15) is 31.3 Å². The predicted octanol–water partition coefficient (Wildman–Crippen LogP) is 3.47. The summed E-state index contributed by atoms with van der Waals surface area (Å²) in [6.07, 6.45) is 3.22. The molecule has 0 saturated carbocycles. The van der Waals surface area contributed by atoms with Crippen molar-refractivity contribution in [3.63, 3.8) is 0 Å². The van der Waals surface area contributed by atoms with Crippen LogP contribution in [-0.2, 0) is 6.42 Å². The molecular formula is C15H17N3O. The summed E-state index contributed by atoms with van der Waals surface area (Å²) in [5.41, 5.74) is 3.69. The molecule has 0 fully saturated rings. The highest BCUT2D eigenvalue weighted by Crippen LogP contribution is 2.27. The molecule has 1 aromatic carbocycles. The first-order chi connectivity index (χ1) is 9.19. The lowest BCUT2D eigenvalue weighted by Crippen LogP contribution is -1.87. The van der Waals surface area contributed by atoms with E-state index in [1.807, 2.05) is 13.0 Å². The Bertz CT molecular complexity index is 746. The molecule has 0 saturated heterocycles. The molecule has 0 bridgehead atoms. The number of phenolic OH excluding ortho intramolecular Hbond substituents is 1. The van der Waals surface area contributed by atoms with Gasteiger partial charge in [-0.25, -0.2) is 4.98 Å². The summed E-state index contributed by atoms with van der Waals surface area (Å²) in [4.78, 5) is 12.6. The van der Waals surface area contributed by atoms with Crippen LogP contribution in [0.5, 0.6) is 5.75 Å². The third-order valence-electron chi connectivity index (χ3n) is 3.40. The van der Waals surface area contributed by atoms with E-state index in [2.05, 4.69) is 21.9 Å². The molecule has 0 atom stereocenters. The number of nitrogens with zero attached hydrogens (tertiary/aromatic N) is 2. The highest BCUT2D eigenvalue weighted by atomic mass is 16.3. The van der Waals surface area contributed by atoms with E-state index in [0.29, 0.717) is 0 Å². The Hall–Kier alpha value is -2.10. The molecule has 3 aromatic rings. The van der Waals surface area contributed by atoms with Gasteiger partial charge in [0.2, 0.25) is 0 Å². The fraction of sp³-hybridized carbons (Fsp3) is 0.333. The van der Waals surface area contributed by atoms with E-state index in [1.165, 1.54) is 0 Å². The lowest BCUT2D eigenvalue weighted by Gasteiger charge is -2.01. The van der Waals surface area contributed by atoms with Crippen molar-refractivity contribution in [3.05, 3.63) is 29.7 Å². The second-order valence-electron chi connectivity index (χ2n) is 4.91. The van der Waals surface area contributed by atoms with Gasteiger partial charge in [0, 0.05) is 11.8 Å². The molecule has 4 heteroatoms.